The van der Waals surface area contributed by atoms with Crippen LogP contribution in [-0.4, -0.2) is 40.2 Å². The van der Waals surface area contributed by atoms with Crippen molar-refractivity contribution in [2.24, 2.45) is 5.10 Å². The molecule has 10 heteroatoms. The number of ether oxygens (including phenoxy) is 2. The van der Waals surface area contributed by atoms with Gasteiger partial charge < -0.3 is 15.2 Å². The van der Waals surface area contributed by atoms with Crippen LogP contribution in [0.15, 0.2) is 21.7 Å². The van der Waals surface area contributed by atoms with Crippen LogP contribution in [0.25, 0.3) is 0 Å². The predicted octanol–water partition coefficient (Wildman–Crippen LogP) is 0.811. The lowest BCUT2D eigenvalue weighted by Gasteiger charge is -2.11. The van der Waals surface area contributed by atoms with Gasteiger partial charge in [0.2, 0.25) is 0 Å². The van der Waals surface area contributed by atoms with Crippen LogP contribution in [0.2, 0.25) is 0 Å². The number of hydrogen-bond donors (Lipinski definition) is 1. The smallest absolute Gasteiger partial charge is 0.263 e. The largest absolute Gasteiger partial charge is 0.493 e. The van der Waals surface area contributed by atoms with E-state index in [9.17, 15) is 0 Å². The van der Waals surface area contributed by atoms with E-state index in [1.807, 2.05) is 6.07 Å². The highest BCUT2D eigenvalue weighted by molar-refractivity contribution is 9.10. The summed E-state index contributed by atoms with van der Waals surface area (Å²) in [5.41, 5.74) is 6.20. The van der Waals surface area contributed by atoms with E-state index in [1.165, 1.54) is 13.3 Å². The van der Waals surface area contributed by atoms with Gasteiger partial charge in [-0.1, -0.05) is 9.89 Å². The monoisotopic (exact) mass is 351 g/mol. The van der Waals surface area contributed by atoms with Gasteiger partial charge in [-0.3, -0.25) is 0 Å². The molecular formula is C11H10BrN7O2. The molecule has 0 saturated carbocycles. The standard InChI is InChI=1S/C11H10BrN7O2/c1-20-9-5-7(4-8(12)10(9)21-3-2-13)6-15-19-11(14)16-17-18-19/h4-6H,3H2,1H3,(H2,14,16,18)/b15-6-. The Kier molecular flexibility index (Phi) is 4.68. The average molecular weight is 352 g/mol. The molecule has 1 heterocycles. The Hall–Kier alpha value is -2.67. The molecule has 9 nitrogen and oxygen atoms in total. The van der Waals surface area contributed by atoms with Crippen molar-refractivity contribution in [3.05, 3.63) is 22.2 Å². The minimum absolute atomic E-state index is 0.0752. The second-order valence-electron chi connectivity index (χ2n) is 3.65. The number of rotatable bonds is 5. The van der Waals surface area contributed by atoms with Crippen LogP contribution in [0.5, 0.6) is 11.5 Å². The number of benzene rings is 1. The van der Waals surface area contributed by atoms with Crippen LogP contribution < -0.4 is 15.2 Å². The first kappa shape index (κ1) is 14.7. The van der Waals surface area contributed by atoms with Gasteiger partial charge in [-0.05, 0) is 44.1 Å². The first-order chi connectivity index (χ1) is 10.2. The highest BCUT2D eigenvalue weighted by Crippen LogP contribution is 2.36. The van der Waals surface area contributed by atoms with E-state index in [-0.39, 0.29) is 12.6 Å². The van der Waals surface area contributed by atoms with E-state index in [2.05, 4.69) is 36.6 Å². The highest BCUT2D eigenvalue weighted by Gasteiger charge is 2.11. The average Bonchev–Trinajstić information content (AvgIpc) is 2.88. The molecule has 0 bridgehead atoms. The van der Waals surface area contributed by atoms with Gasteiger partial charge >= 0.3 is 0 Å². The second kappa shape index (κ2) is 6.67. The number of hydrogen-bond acceptors (Lipinski definition) is 8. The van der Waals surface area contributed by atoms with Crippen molar-refractivity contribution in [1.82, 2.24) is 20.3 Å². The number of nitriles is 1. The van der Waals surface area contributed by atoms with Gasteiger partial charge in [-0.2, -0.15) is 10.4 Å². The molecule has 21 heavy (non-hydrogen) atoms. The maximum atomic E-state index is 8.57. The van der Waals surface area contributed by atoms with Crippen LogP contribution in [0.4, 0.5) is 5.95 Å². The Morgan fingerprint density at radius 1 is 1.57 bits per heavy atom. The van der Waals surface area contributed by atoms with E-state index in [0.29, 0.717) is 21.5 Å². The predicted molar refractivity (Wildman–Crippen MR) is 77.0 cm³/mol. The molecule has 0 unspecified atom stereocenters. The molecule has 0 aliphatic carbocycles. The number of nitrogen functional groups attached to an aromatic ring is 1. The summed E-state index contributed by atoms with van der Waals surface area (Å²) in [7, 11) is 1.50. The maximum absolute atomic E-state index is 8.57. The summed E-state index contributed by atoms with van der Waals surface area (Å²) < 4.78 is 11.2. The van der Waals surface area contributed by atoms with Crippen molar-refractivity contribution in [2.45, 2.75) is 0 Å². The van der Waals surface area contributed by atoms with Crippen LogP contribution in [0, 0.1) is 11.3 Å². The topological polar surface area (TPSA) is 124 Å². The number of tetrazole rings is 1. The zero-order valence-electron chi connectivity index (χ0n) is 10.9. The Labute approximate surface area is 128 Å². The summed E-state index contributed by atoms with van der Waals surface area (Å²) in [6.07, 6.45) is 1.51. The lowest BCUT2D eigenvalue weighted by molar-refractivity contribution is 0.327. The molecule has 0 aliphatic heterocycles. The van der Waals surface area contributed by atoms with Gasteiger partial charge in [0, 0.05) is 0 Å². The quantitative estimate of drug-likeness (QED) is 0.790. The fraction of sp³-hybridized carbons (Fsp3) is 0.182. The Morgan fingerprint density at radius 2 is 2.38 bits per heavy atom. The molecule has 0 fully saturated rings. The SMILES string of the molecule is COc1cc(/C=N\n2nnnc2N)cc(Br)c1OCC#N. The Bertz CT molecular complexity index is 707. The van der Waals surface area contributed by atoms with Crippen molar-refractivity contribution in [3.63, 3.8) is 0 Å². The molecule has 2 rings (SSSR count). The van der Waals surface area contributed by atoms with E-state index in [4.69, 9.17) is 20.5 Å². The maximum Gasteiger partial charge on any atom is 0.263 e. The van der Waals surface area contributed by atoms with Crippen molar-refractivity contribution in [2.75, 3.05) is 19.5 Å². The second-order valence-corrected chi connectivity index (χ2v) is 4.51. The molecule has 2 aromatic rings. The number of nitrogens with two attached hydrogens (primary N) is 1. The number of halogens is 1. The minimum Gasteiger partial charge on any atom is -0.493 e. The minimum atomic E-state index is -0.0798. The van der Waals surface area contributed by atoms with Crippen LogP contribution >= 0.6 is 15.9 Å². The van der Waals surface area contributed by atoms with Gasteiger partial charge in [0.15, 0.2) is 18.1 Å². The van der Waals surface area contributed by atoms with Crippen LogP contribution in [0.1, 0.15) is 5.56 Å². The molecule has 0 amide bonds. The third-order valence-electron chi connectivity index (χ3n) is 2.33. The molecule has 0 spiro atoms. The molecule has 108 valence electrons. The Morgan fingerprint density at radius 3 is 3.00 bits per heavy atom. The van der Waals surface area contributed by atoms with Crippen molar-refractivity contribution < 1.29 is 9.47 Å². The fourth-order valence-electron chi connectivity index (χ4n) is 1.45. The van der Waals surface area contributed by atoms with Gasteiger partial charge in [-0.15, -0.1) is 0 Å². The fourth-order valence-corrected chi connectivity index (χ4v) is 2.03. The van der Waals surface area contributed by atoms with E-state index in [0.717, 1.165) is 4.79 Å². The van der Waals surface area contributed by atoms with Gasteiger partial charge in [0.1, 0.15) is 6.07 Å². The molecule has 0 saturated heterocycles. The number of methoxy groups -OCH3 is 1. The third-order valence-corrected chi connectivity index (χ3v) is 2.91. The van der Waals surface area contributed by atoms with E-state index >= 15 is 0 Å². The molecule has 1 aromatic carbocycles. The highest BCUT2D eigenvalue weighted by atomic mass is 79.9. The molecule has 2 N–H and O–H groups in total. The first-order valence-corrected chi connectivity index (χ1v) is 6.40. The Balaban J connectivity index is 2.30. The summed E-state index contributed by atoms with van der Waals surface area (Å²) >= 11 is 3.35. The number of anilines is 1. The number of aromatic nitrogens is 4. The summed E-state index contributed by atoms with van der Waals surface area (Å²) in [5.74, 6) is 0.982. The molecule has 1 aromatic heterocycles. The first-order valence-electron chi connectivity index (χ1n) is 5.61. The van der Waals surface area contributed by atoms with Crippen molar-refractivity contribution in [1.29, 1.82) is 5.26 Å². The molecule has 0 atom stereocenters. The lowest BCUT2D eigenvalue weighted by atomic mass is 10.2. The van der Waals surface area contributed by atoms with Crippen LogP contribution in [-0.2, 0) is 0 Å². The summed E-state index contributed by atoms with van der Waals surface area (Å²) in [4.78, 5) is 1.08. The number of nitrogens with zero attached hydrogens (tertiary/aromatic N) is 6. The normalized spacial score (nSPS) is 10.5. The summed E-state index contributed by atoms with van der Waals surface area (Å²) in [5, 5.41) is 23.0. The summed E-state index contributed by atoms with van der Waals surface area (Å²) in [6.45, 7) is -0.0798. The summed E-state index contributed by atoms with van der Waals surface area (Å²) in [6, 6.07) is 5.34. The zero-order valence-corrected chi connectivity index (χ0v) is 12.5. The van der Waals surface area contributed by atoms with Gasteiger partial charge in [-0.25, -0.2) is 0 Å². The van der Waals surface area contributed by atoms with E-state index < -0.39 is 0 Å². The zero-order chi connectivity index (χ0) is 15.2. The lowest BCUT2D eigenvalue weighted by Crippen LogP contribution is -2.01. The van der Waals surface area contributed by atoms with Crippen molar-refractivity contribution >= 4 is 28.1 Å². The van der Waals surface area contributed by atoms with Crippen LogP contribution in [0.3, 0.4) is 0 Å². The molecule has 0 radical (unpaired) electrons. The van der Waals surface area contributed by atoms with Gasteiger partial charge in [0.05, 0.1) is 17.8 Å². The molecular weight excluding hydrogens is 342 g/mol. The van der Waals surface area contributed by atoms with Gasteiger partial charge in [0.25, 0.3) is 5.95 Å². The van der Waals surface area contributed by atoms with Crippen molar-refractivity contribution in [3.8, 4) is 17.6 Å². The molecule has 0 aliphatic rings. The van der Waals surface area contributed by atoms with E-state index in [1.54, 1.807) is 12.1 Å². The third kappa shape index (κ3) is 3.46.